The van der Waals surface area contributed by atoms with Crippen molar-refractivity contribution in [3.05, 3.63) is 70.8 Å². The van der Waals surface area contributed by atoms with E-state index >= 15 is 0 Å². The van der Waals surface area contributed by atoms with Crippen LogP contribution in [0.5, 0.6) is 0 Å². The number of hydrogen-bond acceptors (Lipinski definition) is 7. The Morgan fingerprint density at radius 1 is 0.759 bits per heavy atom. The van der Waals surface area contributed by atoms with Crippen molar-refractivity contribution in [2.24, 2.45) is 0 Å². The predicted octanol–water partition coefficient (Wildman–Crippen LogP) is 4.31. The molecule has 0 amide bonds. The Bertz CT molecular complexity index is 1190. The average Bonchev–Trinajstić information content (AvgIpc) is 2.76. The Morgan fingerprint density at radius 3 is 1.83 bits per heavy atom. The summed E-state index contributed by atoms with van der Waals surface area (Å²) >= 11 is 1.35. The zero-order valence-electron chi connectivity index (χ0n) is 15.6. The molecule has 0 saturated carbocycles. The summed E-state index contributed by atoms with van der Waals surface area (Å²) in [5.74, 6) is -1.11. The monoisotopic (exact) mass is 402 g/mol. The van der Waals surface area contributed by atoms with Crippen molar-refractivity contribution in [2.75, 3.05) is 14.2 Å². The molecule has 0 heterocycles. The number of fused-ring (bicyclic) bond motifs is 1. The summed E-state index contributed by atoms with van der Waals surface area (Å²) < 4.78 is 9.52. The molecule has 0 fully saturated rings. The lowest BCUT2D eigenvalue weighted by Gasteiger charge is -2.09. The molecule has 0 radical (unpaired) electrons. The van der Waals surface area contributed by atoms with Crippen LogP contribution in [0.15, 0.2) is 58.3 Å². The average molecular weight is 402 g/mol. The van der Waals surface area contributed by atoms with Gasteiger partial charge in [-0.15, -0.1) is 0 Å². The highest BCUT2D eigenvalue weighted by molar-refractivity contribution is 7.99. The van der Waals surface area contributed by atoms with E-state index in [1.165, 1.54) is 32.0 Å². The zero-order valence-corrected chi connectivity index (χ0v) is 16.4. The van der Waals surface area contributed by atoms with E-state index in [-0.39, 0.29) is 11.1 Å². The number of benzene rings is 3. The molecule has 29 heavy (non-hydrogen) atoms. The normalized spacial score (nSPS) is 10.1. The maximum atomic E-state index is 11.9. The zero-order chi connectivity index (χ0) is 21.0. The van der Waals surface area contributed by atoms with Gasteiger partial charge in [-0.1, -0.05) is 17.8 Å². The van der Waals surface area contributed by atoms with Gasteiger partial charge in [-0.25, -0.2) is 9.59 Å². The molecule has 0 N–H and O–H groups in total. The Hall–Kier alpha value is -3.81. The number of ether oxygens (including phenoxy) is 2. The second kappa shape index (κ2) is 8.47. The summed E-state index contributed by atoms with van der Waals surface area (Å²) in [6, 6.07) is 17.7. The van der Waals surface area contributed by atoms with Gasteiger partial charge in [0.2, 0.25) is 0 Å². The summed E-state index contributed by atoms with van der Waals surface area (Å²) in [5.41, 5.74) is 1.12. The molecule has 3 aromatic rings. The van der Waals surface area contributed by atoms with Gasteiger partial charge in [0.1, 0.15) is 12.1 Å². The molecule has 0 aliphatic carbocycles. The highest BCUT2D eigenvalue weighted by Gasteiger charge is 2.15. The number of carbonyl (C=O) groups is 2. The first-order valence-electron chi connectivity index (χ1n) is 8.36. The molecule has 0 bridgehead atoms. The fourth-order valence-electron chi connectivity index (χ4n) is 2.79. The number of methoxy groups -OCH3 is 2. The third-order valence-electron chi connectivity index (χ3n) is 4.17. The maximum Gasteiger partial charge on any atom is 0.337 e. The van der Waals surface area contributed by atoms with Crippen LogP contribution in [0.4, 0.5) is 0 Å². The van der Waals surface area contributed by atoms with Crippen molar-refractivity contribution in [2.45, 2.75) is 9.79 Å². The molecular formula is C22H14N2O4S. The van der Waals surface area contributed by atoms with Crippen LogP contribution in [0.2, 0.25) is 0 Å². The highest BCUT2D eigenvalue weighted by atomic mass is 32.2. The first-order valence-corrected chi connectivity index (χ1v) is 9.18. The van der Waals surface area contributed by atoms with Crippen LogP contribution < -0.4 is 0 Å². The van der Waals surface area contributed by atoms with E-state index in [9.17, 15) is 14.9 Å². The lowest BCUT2D eigenvalue weighted by atomic mass is 10.0. The SMILES string of the molecule is COC(=O)c1cc(Sc2ccc3cc(C#N)c(C#N)cc3c2)cc(C(=O)OC)c1. The Kier molecular flexibility index (Phi) is 5.82. The quantitative estimate of drug-likeness (QED) is 0.600. The van der Waals surface area contributed by atoms with Crippen molar-refractivity contribution < 1.29 is 19.1 Å². The Balaban J connectivity index is 2.03. The molecule has 0 aliphatic heterocycles. The van der Waals surface area contributed by atoms with Gasteiger partial charge in [-0.2, -0.15) is 10.5 Å². The van der Waals surface area contributed by atoms with E-state index in [0.717, 1.165) is 15.7 Å². The summed E-state index contributed by atoms with van der Waals surface area (Å²) in [6.45, 7) is 0. The lowest BCUT2D eigenvalue weighted by molar-refractivity contribution is 0.0598. The predicted molar refractivity (Wildman–Crippen MR) is 107 cm³/mol. The molecule has 0 aliphatic rings. The number of carbonyl (C=O) groups excluding carboxylic acids is 2. The third kappa shape index (κ3) is 4.21. The summed E-state index contributed by atoms with van der Waals surface area (Å²) in [6.07, 6.45) is 0. The topological polar surface area (TPSA) is 100 Å². The van der Waals surface area contributed by atoms with Crippen molar-refractivity contribution in [1.29, 1.82) is 10.5 Å². The van der Waals surface area contributed by atoms with Gasteiger partial charge < -0.3 is 9.47 Å². The largest absolute Gasteiger partial charge is 0.465 e. The minimum atomic E-state index is -0.557. The smallest absolute Gasteiger partial charge is 0.337 e. The van der Waals surface area contributed by atoms with Crippen LogP contribution in [0, 0.1) is 22.7 Å². The minimum absolute atomic E-state index is 0.240. The van der Waals surface area contributed by atoms with Gasteiger partial charge in [0.05, 0.1) is 36.5 Å². The number of hydrogen-bond donors (Lipinski definition) is 0. The van der Waals surface area contributed by atoms with Crippen LogP contribution in [0.25, 0.3) is 10.8 Å². The van der Waals surface area contributed by atoms with Crippen molar-refractivity contribution in [1.82, 2.24) is 0 Å². The lowest BCUT2D eigenvalue weighted by Crippen LogP contribution is -2.06. The molecule has 3 aromatic carbocycles. The van der Waals surface area contributed by atoms with Crippen LogP contribution in [0.1, 0.15) is 31.8 Å². The van der Waals surface area contributed by atoms with Crippen LogP contribution in [-0.4, -0.2) is 26.2 Å². The fourth-order valence-corrected chi connectivity index (χ4v) is 3.76. The van der Waals surface area contributed by atoms with E-state index < -0.39 is 11.9 Å². The van der Waals surface area contributed by atoms with E-state index in [0.29, 0.717) is 16.0 Å². The molecule has 3 rings (SSSR count). The maximum absolute atomic E-state index is 11.9. The van der Waals surface area contributed by atoms with Crippen LogP contribution in [-0.2, 0) is 9.47 Å². The highest BCUT2D eigenvalue weighted by Crippen LogP contribution is 2.32. The van der Waals surface area contributed by atoms with E-state index in [1.807, 2.05) is 30.3 Å². The molecule has 0 saturated heterocycles. The van der Waals surface area contributed by atoms with Crippen LogP contribution >= 0.6 is 11.8 Å². The van der Waals surface area contributed by atoms with Crippen molar-refractivity contribution in [3.63, 3.8) is 0 Å². The van der Waals surface area contributed by atoms with Gasteiger partial charge >= 0.3 is 11.9 Å². The number of nitrogens with zero attached hydrogens (tertiary/aromatic N) is 2. The minimum Gasteiger partial charge on any atom is -0.465 e. The first kappa shape index (κ1) is 19.9. The molecule has 0 aromatic heterocycles. The molecule has 0 unspecified atom stereocenters. The van der Waals surface area contributed by atoms with E-state index in [4.69, 9.17) is 14.7 Å². The number of esters is 2. The summed E-state index contributed by atoms with van der Waals surface area (Å²) in [5, 5.41) is 20.0. The third-order valence-corrected chi connectivity index (χ3v) is 5.13. The number of rotatable bonds is 4. The van der Waals surface area contributed by atoms with Gasteiger partial charge in [-0.05, 0) is 53.2 Å². The first-order chi connectivity index (χ1) is 14.0. The van der Waals surface area contributed by atoms with Gasteiger partial charge in [-0.3, -0.25) is 0 Å². The molecule has 6 nitrogen and oxygen atoms in total. The summed E-state index contributed by atoms with van der Waals surface area (Å²) in [4.78, 5) is 25.4. The van der Waals surface area contributed by atoms with Crippen molar-refractivity contribution in [3.8, 4) is 12.1 Å². The number of nitriles is 2. The van der Waals surface area contributed by atoms with Gasteiger partial charge in [0, 0.05) is 9.79 Å². The molecular weight excluding hydrogens is 388 g/mol. The van der Waals surface area contributed by atoms with E-state index in [1.54, 1.807) is 24.3 Å². The summed E-state index contributed by atoms with van der Waals surface area (Å²) in [7, 11) is 2.54. The van der Waals surface area contributed by atoms with E-state index in [2.05, 4.69) is 0 Å². The molecule has 0 spiro atoms. The molecule has 0 atom stereocenters. The standard InChI is InChI=1S/C22H14N2O4S/c1-27-21(25)15-7-16(22(26)28-2)10-20(9-15)29-19-4-3-13-5-17(11-23)18(12-24)6-14(13)8-19/h3-10H,1-2H3. The molecule has 7 heteroatoms. The Morgan fingerprint density at radius 2 is 1.31 bits per heavy atom. The second-order valence-corrected chi connectivity index (χ2v) is 7.11. The second-order valence-electron chi connectivity index (χ2n) is 5.96. The van der Waals surface area contributed by atoms with Gasteiger partial charge in [0.15, 0.2) is 0 Å². The Labute approximate surface area is 171 Å². The van der Waals surface area contributed by atoms with Crippen LogP contribution in [0.3, 0.4) is 0 Å². The van der Waals surface area contributed by atoms with Gasteiger partial charge in [0.25, 0.3) is 0 Å². The fraction of sp³-hybridized carbons (Fsp3) is 0.0909. The van der Waals surface area contributed by atoms with Crippen molar-refractivity contribution >= 4 is 34.5 Å². The molecule has 142 valence electrons.